The number of halogens is 2. The molecule has 2 nitrogen and oxygen atoms in total. The van der Waals surface area contributed by atoms with Gasteiger partial charge in [-0.3, -0.25) is 0 Å². The summed E-state index contributed by atoms with van der Waals surface area (Å²) in [5.41, 5.74) is 1.53. The summed E-state index contributed by atoms with van der Waals surface area (Å²) >= 11 is 6.00. The molecular formula is C15H12ClFN2. The third-order valence-corrected chi connectivity index (χ3v) is 3.13. The summed E-state index contributed by atoms with van der Waals surface area (Å²) in [5.74, 6) is -0.302. The Morgan fingerprint density at radius 2 is 1.84 bits per heavy atom. The van der Waals surface area contributed by atoms with Crippen LogP contribution in [0.2, 0.25) is 5.15 Å². The molecule has 19 heavy (non-hydrogen) atoms. The maximum Gasteiger partial charge on any atom is 0.130 e. The van der Waals surface area contributed by atoms with E-state index in [1.165, 1.54) is 12.1 Å². The van der Waals surface area contributed by atoms with Crippen LogP contribution in [0.3, 0.4) is 0 Å². The third kappa shape index (κ3) is 2.91. The lowest BCUT2D eigenvalue weighted by Gasteiger charge is -2.17. The van der Waals surface area contributed by atoms with Gasteiger partial charge in [-0.2, -0.15) is 5.26 Å². The van der Waals surface area contributed by atoms with E-state index in [-0.39, 0.29) is 5.82 Å². The average molecular weight is 275 g/mol. The topological polar surface area (TPSA) is 36.7 Å². The molecule has 0 N–H and O–H groups in total. The fraction of sp³-hybridized carbons (Fsp3) is 0.200. The van der Waals surface area contributed by atoms with Crippen LogP contribution in [0.4, 0.5) is 4.39 Å². The van der Waals surface area contributed by atoms with Crippen molar-refractivity contribution < 1.29 is 4.39 Å². The van der Waals surface area contributed by atoms with Gasteiger partial charge in [0.05, 0.1) is 17.2 Å². The minimum atomic E-state index is -0.651. The highest BCUT2D eigenvalue weighted by molar-refractivity contribution is 6.29. The van der Waals surface area contributed by atoms with Gasteiger partial charge in [-0.25, -0.2) is 9.37 Å². The molecule has 0 aliphatic heterocycles. The van der Waals surface area contributed by atoms with Gasteiger partial charge in [0.1, 0.15) is 11.0 Å². The van der Waals surface area contributed by atoms with Crippen LogP contribution in [-0.4, -0.2) is 4.98 Å². The Labute approximate surface area is 116 Å². The second-order valence-electron chi connectivity index (χ2n) is 4.81. The number of hydrogen-bond acceptors (Lipinski definition) is 2. The van der Waals surface area contributed by atoms with Gasteiger partial charge in [0.15, 0.2) is 0 Å². The Morgan fingerprint density at radius 3 is 2.42 bits per heavy atom. The lowest BCUT2D eigenvalue weighted by molar-refractivity contribution is 0.628. The minimum Gasteiger partial charge on any atom is -0.236 e. The highest BCUT2D eigenvalue weighted by Crippen LogP contribution is 2.28. The van der Waals surface area contributed by atoms with Crippen molar-refractivity contribution >= 4 is 11.6 Å². The average Bonchev–Trinajstić information content (AvgIpc) is 2.39. The number of nitrogens with zero attached hydrogens (tertiary/aromatic N) is 2. The van der Waals surface area contributed by atoms with Gasteiger partial charge < -0.3 is 0 Å². The quantitative estimate of drug-likeness (QED) is 0.764. The predicted molar refractivity (Wildman–Crippen MR) is 73.3 cm³/mol. The molecular weight excluding hydrogens is 263 g/mol. The smallest absolute Gasteiger partial charge is 0.130 e. The van der Waals surface area contributed by atoms with E-state index in [9.17, 15) is 9.65 Å². The second-order valence-corrected chi connectivity index (χ2v) is 5.19. The Bertz CT molecular complexity index is 642. The summed E-state index contributed by atoms with van der Waals surface area (Å²) in [6.45, 7) is 3.63. The third-order valence-electron chi connectivity index (χ3n) is 2.94. The molecule has 0 saturated heterocycles. The molecule has 0 saturated carbocycles. The molecule has 4 heteroatoms. The largest absolute Gasteiger partial charge is 0.236 e. The van der Waals surface area contributed by atoms with Crippen LogP contribution in [0.5, 0.6) is 0 Å². The van der Waals surface area contributed by atoms with Crippen molar-refractivity contribution in [1.29, 1.82) is 5.26 Å². The molecule has 0 bridgehead atoms. The molecule has 0 atom stereocenters. The van der Waals surface area contributed by atoms with Crippen molar-refractivity contribution in [3.63, 3.8) is 0 Å². The van der Waals surface area contributed by atoms with Crippen LogP contribution in [0.15, 0.2) is 36.4 Å². The normalized spacial score (nSPS) is 11.1. The van der Waals surface area contributed by atoms with Crippen LogP contribution in [-0.2, 0) is 5.41 Å². The van der Waals surface area contributed by atoms with Gasteiger partial charge in [0.2, 0.25) is 0 Å². The maximum atomic E-state index is 12.9. The number of benzene rings is 1. The van der Waals surface area contributed by atoms with Gasteiger partial charge >= 0.3 is 0 Å². The van der Waals surface area contributed by atoms with E-state index < -0.39 is 5.41 Å². The number of hydrogen-bond donors (Lipinski definition) is 0. The molecule has 1 heterocycles. The lowest BCUT2D eigenvalue weighted by atomic mass is 9.86. The number of aromatic nitrogens is 1. The van der Waals surface area contributed by atoms with Gasteiger partial charge in [-0.15, -0.1) is 0 Å². The van der Waals surface area contributed by atoms with Crippen molar-refractivity contribution in [3.8, 4) is 17.3 Å². The molecule has 0 aliphatic carbocycles. The molecule has 0 radical (unpaired) electrons. The van der Waals surface area contributed by atoms with E-state index in [1.54, 1.807) is 18.2 Å². The highest BCUT2D eigenvalue weighted by Gasteiger charge is 2.21. The molecule has 0 fully saturated rings. The first-order valence-electron chi connectivity index (χ1n) is 5.77. The van der Waals surface area contributed by atoms with Crippen LogP contribution in [0, 0.1) is 17.1 Å². The standard InChI is InChI=1S/C15H12ClFN2/c1-15(2,9-18)11-7-13(19-14(16)8-11)10-3-5-12(17)6-4-10/h3-8H,1-2H3. The van der Waals surface area contributed by atoms with Gasteiger partial charge in [-0.1, -0.05) is 11.6 Å². The molecule has 0 spiro atoms. The fourth-order valence-electron chi connectivity index (χ4n) is 1.69. The van der Waals surface area contributed by atoms with Crippen LogP contribution in [0.25, 0.3) is 11.3 Å². The highest BCUT2D eigenvalue weighted by atomic mass is 35.5. The van der Waals surface area contributed by atoms with Crippen LogP contribution < -0.4 is 0 Å². The van der Waals surface area contributed by atoms with Crippen molar-refractivity contribution in [1.82, 2.24) is 4.98 Å². The van der Waals surface area contributed by atoms with Gasteiger partial charge in [-0.05, 0) is 55.8 Å². The minimum absolute atomic E-state index is 0.302. The zero-order valence-corrected chi connectivity index (χ0v) is 11.4. The van der Waals surface area contributed by atoms with Gasteiger partial charge in [0, 0.05) is 5.56 Å². The zero-order valence-electron chi connectivity index (χ0n) is 10.6. The Morgan fingerprint density at radius 1 is 1.21 bits per heavy atom. The number of nitriles is 1. The molecule has 0 unspecified atom stereocenters. The second kappa shape index (κ2) is 4.99. The van der Waals surface area contributed by atoms with Crippen molar-refractivity contribution in [3.05, 3.63) is 52.9 Å². The summed E-state index contributed by atoms with van der Waals surface area (Å²) in [5, 5.41) is 9.49. The molecule has 0 amide bonds. The summed E-state index contributed by atoms with van der Waals surface area (Å²) in [4.78, 5) is 4.22. The molecule has 1 aromatic heterocycles. The van der Waals surface area contributed by atoms with Crippen LogP contribution in [0.1, 0.15) is 19.4 Å². The number of pyridine rings is 1. The Kier molecular flexibility index (Phi) is 3.55. The first kappa shape index (κ1) is 13.5. The monoisotopic (exact) mass is 274 g/mol. The van der Waals surface area contributed by atoms with E-state index in [0.717, 1.165) is 11.1 Å². The van der Waals surface area contributed by atoms with E-state index in [2.05, 4.69) is 11.1 Å². The summed E-state index contributed by atoms with van der Waals surface area (Å²) in [6.07, 6.45) is 0. The molecule has 2 rings (SSSR count). The van der Waals surface area contributed by atoms with E-state index in [4.69, 9.17) is 11.6 Å². The zero-order chi connectivity index (χ0) is 14.0. The van der Waals surface area contributed by atoms with E-state index in [0.29, 0.717) is 10.8 Å². The Hall–Kier alpha value is -1.92. The van der Waals surface area contributed by atoms with Crippen LogP contribution >= 0.6 is 11.6 Å². The summed E-state index contributed by atoms with van der Waals surface area (Å²) in [6, 6.07) is 11.7. The number of rotatable bonds is 2. The molecule has 96 valence electrons. The summed E-state index contributed by atoms with van der Waals surface area (Å²) in [7, 11) is 0. The fourth-order valence-corrected chi connectivity index (χ4v) is 1.90. The predicted octanol–water partition coefficient (Wildman–Crippen LogP) is 4.34. The SMILES string of the molecule is CC(C)(C#N)c1cc(Cl)nc(-c2ccc(F)cc2)c1. The van der Waals surface area contributed by atoms with E-state index in [1.807, 2.05) is 19.9 Å². The van der Waals surface area contributed by atoms with Crippen molar-refractivity contribution in [2.75, 3.05) is 0 Å². The first-order valence-corrected chi connectivity index (χ1v) is 6.15. The molecule has 0 aliphatic rings. The lowest BCUT2D eigenvalue weighted by Crippen LogP contribution is -2.14. The first-order chi connectivity index (χ1) is 8.92. The van der Waals surface area contributed by atoms with E-state index >= 15 is 0 Å². The van der Waals surface area contributed by atoms with Crippen molar-refractivity contribution in [2.45, 2.75) is 19.3 Å². The molecule has 1 aromatic carbocycles. The maximum absolute atomic E-state index is 12.9. The van der Waals surface area contributed by atoms with Gasteiger partial charge in [0.25, 0.3) is 0 Å². The van der Waals surface area contributed by atoms with Crippen molar-refractivity contribution in [2.24, 2.45) is 0 Å². The Balaban J connectivity index is 2.54. The summed E-state index contributed by atoms with van der Waals surface area (Å²) < 4.78 is 12.9. The molecule has 2 aromatic rings.